The lowest BCUT2D eigenvalue weighted by atomic mass is 10.1. The molecular weight excluding hydrogens is 310 g/mol. The third-order valence-corrected chi connectivity index (χ3v) is 5.07. The van der Waals surface area contributed by atoms with Gasteiger partial charge in [0.05, 0.1) is 12.4 Å². The molecule has 1 aliphatic carbocycles. The SMILES string of the molecule is CCC1OC(n2cnc3c(NC4CCCC4)ncnc32)C(O)C1O. The molecule has 2 aromatic heterocycles. The lowest BCUT2D eigenvalue weighted by molar-refractivity contribution is -0.0355. The van der Waals surface area contributed by atoms with Crippen LogP contribution >= 0.6 is 0 Å². The molecule has 4 unspecified atom stereocenters. The zero-order chi connectivity index (χ0) is 16.7. The topological polar surface area (TPSA) is 105 Å². The first kappa shape index (κ1) is 15.7. The standard InChI is InChI=1S/C16H23N5O3/c1-2-10-12(22)13(23)16(24-10)21-8-19-11-14(17-7-18-15(11)21)20-9-5-3-4-6-9/h7-10,12-13,16,22-23H,2-6H2,1H3,(H,17,18,20). The van der Waals surface area contributed by atoms with Crippen molar-refractivity contribution in [3.63, 3.8) is 0 Å². The van der Waals surface area contributed by atoms with E-state index in [1.807, 2.05) is 6.92 Å². The van der Waals surface area contributed by atoms with Gasteiger partial charge in [0.15, 0.2) is 23.2 Å². The molecular formula is C16H23N5O3. The van der Waals surface area contributed by atoms with E-state index in [2.05, 4.69) is 20.3 Å². The van der Waals surface area contributed by atoms with Crippen LogP contribution in [0.4, 0.5) is 5.82 Å². The number of ether oxygens (including phenoxy) is 1. The van der Waals surface area contributed by atoms with Gasteiger partial charge in [-0.3, -0.25) is 4.57 Å². The predicted octanol–water partition coefficient (Wildman–Crippen LogP) is 1.21. The van der Waals surface area contributed by atoms with E-state index in [0.717, 1.165) is 12.8 Å². The molecule has 130 valence electrons. The number of fused-ring (bicyclic) bond motifs is 1. The van der Waals surface area contributed by atoms with Crippen molar-refractivity contribution in [2.75, 3.05) is 5.32 Å². The smallest absolute Gasteiger partial charge is 0.167 e. The van der Waals surface area contributed by atoms with Crippen molar-refractivity contribution in [2.24, 2.45) is 0 Å². The van der Waals surface area contributed by atoms with Crippen LogP contribution in [0.2, 0.25) is 0 Å². The van der Waals surface area contributed by atoms with Crippen LogP contribution < -0.4 is 5.32 Å². The number of rotatable bonds is 4. The van der Waals surface area contributed by atoms with Crippen LogP contribution in [-0.4, -0.2) is 54.1 Å². The second-order valence-corrected chi connectivity index (χ2v) is 6.63. The Kier molecular flexibility index (Phi) is 4.11. The third-order valence-electron chi connectivity index (χ3n) is 5.07. The van der Waals surface area contributed by atoms with E-state index in [9.17, 15) is 10.2 Å². The highest BCUT2D eigenvalue weighted by molar-refractivity contribution is 5.82. The van der Waals surface area contributed by atoms with Crippen molar-refractivity contribution in [2.45, 2.75) is 69.6 Å². The van der Waals surface area contributed by atoms with Crippen LogP contribution in [0.3, 0.4) is 0 Å². The Morgan fingerprint density at radius 2 is 2.00 bits per heavy atom. The molecule has 0 aromatic carbocycles. The van der Waals surface area contributed by atoms with E-state index in [1.165, 1.54) is 19.2 Å². The van der Waals surface area contributed by atoms with Crippen LogP contribution in [0.25, 0.3) is 11.2 Å². The second kappa shape index (κ2) is 6.27. The summed E-state index contributed by atoms with van der Waals surface area (Å²) in [4.78, 5) is 13.1. The highest BCUT2D eigenvalue weighted by Gasteiger charge is 2.43. The Labute approximate surface area is 139 Å². The molecule has 0 spiro atoms. The van der Waals surface area contributed by atoms with Crippen LogP contribution in [-0.2, 0) is 4.74 Å². The minimum absolute atomic E-state index is 0.389. The van der Waals surface area contributed by atoms with Gasteiger partial charge in [0.25, 0.3) is 0 Å². The van der Waals surface area contributed by atoms with Gasteiger partial charge in [0.1, 0.15) is 18.5 Å². The Hall–Kier alpha value is -1.77. The lowest BCUT2D eigenvalue weighted by Gasteiger charge is -2.17. The zero-order valence-electron chi connectivity index (χ0n) is 13.7. The van der Waals surface area contributed by atoms with Gasteiger partial charge in [-0.2, -0.15) is 0 Å². The maximum atomic E-state index is 10.3. The van der Waals surface area contributed by atoms with Gasteiger partial charge in [-0.25, -0.2) is 15.0 Å². The molecule has 2 aliphatic rings. The molecule has 4 atom stereocenters. The van der Waals surface area contributed by atoms with Crippen molar-refractivity contribution < 1.29 is 14.9 Å². The van der Waals surface area contributed by atoms with E-state index in [-0.39, 0.29) is 6.10 Å². The van der Waals surface area contributed by atoms with Crippen LogP contribution in [0, 0.1) is 0 Å². The van der Waals surface area contributed by atoms with Gasteiger partial charge in [-0.15, -0.1) is 0 Å². The average Bonchev–Trinajstić information content (AvgIpc) is 3.30. The average molecular weight is 333 g/mol. The molecule has 1 saturated carbocycles. The number of nitrogens with one attached hydrogen (secondary N) is 1. The molecule has 0 radical (unpaired) electrons. The number of nitrogens with zero attached hydrogens (tertiary/aromatic N) is 4. The summed E-state index contributed by atoms with van der Waals surface area (Å²) in [5.41, 5.74) is 1.26. The maximum absolute atomic E-state index is 10.3. The van der Waals surface area contributed by atoms with E-state index in [4.69, 9.17) is 4.74 Å². The van der Waals surface area contributed by atoms with Crippen molar-refractivity contribution in [1.29, 1.82) is 0 Å². The van der Waals surface area contributed by atoms with Gasteiger partial charge in [0.2, 0.25) is 0 Å². The number of hydrogen-bond acceptors (Lipinski definition) is 7. The van der Waals surface area contributed by atoms with E-state index in [0.29, 0.717) is 29.4 Å². The van der Waals surface area contributed by atoms with Crippen molar-refractivity contribution >= 4 is 17.0 Å². The lowest BCUT2D eigenvalue weighted by Crippen LogP contribution is -2.31. The summed E-state index contributed by atoms with van der Waals surface area (Å²) in [6.07, 6.45) is 5.48. The molecule has 2 fully saturated rings. The Balaban J connectivity index is 1.65. The highest BCUT2D eigenvalue weighted by Crippen LogP contribution is 2.33. The number of aromatic nitrogens is 4. The number of anilines is 1. The van der Waals surface area contributed by atoms with Crippen molar-refractivity contribution in [1.82, 2.24) is 19.5 Å². The molecule has 1 aliphatic heterocycles. The predicted molar refractivity (Wildman–Crippen MR) is 87.4 cm³/mol. The van der Waals surface area contributed by atoms with Crippen molar-refractivity contribution in [3.05, 3.63) is 12.7 Å². The molecule has 2 aromatic rings. The quantitative estimate of drug-likeness (QED) is 0.772. The highest BCUT2D eigenvalue weighted by atomic mass is 16.6. The van der Waals surface area contributed by atoms with E-state index in [1.54, 1.807) is 10.9 Å². The van der Waals surface area contributed by atoms with Gasteiger partial charge < -0.3 is 20.3 Å². The minimum atomic E-state index is -1.01. The minimum Gasteiger partial charge on any atom is -0.388 e. The zero-order valence-corrected chi connectivity index (χ0v) is 13.7. The number of imidazole rings is 1. The monoisotopic (exact) mass is 333 g/mol. The molecule has 4 rings (SSSR count). The summed E-state index contributed by atoms with van der Waals surface area (Å²) in [6, 6.07) is 0.424. The Bertz CT molecular complexity index is 715. The Morgan fingerprint density at radius 3 is 2.71 bits per heavy atom. The largest absolute Gasteiger partial charge is 0.388 e. The number of aliphatic hydroxyl groups is 2. The van der Waals surface area contributed by atoms with Crippen LogP contribution in [0.1, 0.15) is 45.3 Å². The normalized spacial score (nSPS) is 31.1. The van der Waals surface area contributed by atoms with Gasteiger partial charge in [-0.05, 0) is 19.3 Å². The maximum Gasteiger partial charge on any atom is 0.167 e. The van der Waals surface area contributed by atoms with Gasteiger partial charge in [-0.1, -0.05) is 19.8 Å². The first-order valence-corrected chi connectivity index (χ1v) is 8.64. The molecule has 8 nitrogen and oxygen atoms in total. The third kappa shape index (κ3) is 2.54. The van der Waals surface area contributed by atoms with Crippen LogP contribution in [0.5, 0.6) is 0 Å². The van der Waals surface area contributed by atoms with E-state index >= 15 is 0 Å². The summed E-state index contributed by atoms with van der Waals surface area (Å²) in [5.74, 6) is 0.714. The fraction of sp³-hybridized carbons (Fsp3) is 0.688. The summed E-state index contributed by atoms with van der Waals surface area (Å²) in [6.45, 7) is 1.92. The van der Waals surface area contributed by atoms with E-state index < -0.39 is 18.4 Å². The summed E-state index contributed by atoms with van der Waals surface area (Å²) >= 11 is 0. The first-order chi connectivity index (χ1) is 11.7. The molecule has 3 N–H and O–H groups in total. The fourth-order valence-electron chi connectivity index (χ4n) is 3.70. The molecule has 0 bridgehead atoms. The second-order valence-electron chi connectivity index (χ2n) is 6.63. The van der Waals surface area contributed by atoms with Crippen molar-refractivity contribution in [3.8, 4) is 0 Å². The number of hydrogen-bond donors (Lipinski definition) is 3. The summed E-state index contributed by atoms with van der Waals surface area (Å²) in [5, 5.41) is 23.8. The first-order valence-electron chi connectivity index (χ1n) is 8.64. The van der Waals surface area contributed by atoms with Gasteiger partial charge in [0, 0.05) is 6.04 Å². The molecule has 0 amide bonds. The molecule has 3 heterocycles. The fourth-order valence-corrected chi connectivity index (χ4v) is 3.70. The number of aliphatic hydroxyl groups excluding tert-OH is 2. The molecule has 24 heavy (non-hydrogen) atoms. The van der Waals surface area contributed by atoms with Crippen LogP contribution in [0.15, 0.2) is 12.7 Å². The molecule has 1 saturated heterocycles. The summed E-state index contributed by atoms with van der Waals surface area (Å²) in [7, 11) is 0. The summed E-state index contributed by atoms with van der Waals surface area (Å²) < 4.78 is 7.48. The van der Waals surface area contributed by atoms with Gasteiger partial charge >= 0.3 is 0 Å². The molecule has 8 heteroatoms. The Morgan fingerprint density at radius 1 is 1.21 bits per heavy atom.